The first-order chi connectivity index (χ1) is 12.4. The van der Waals surface area contributed by atoms with E-state index in [1.807, 2.05) is 36.4 Å². The molecule has 2 aromatic rings. The van der Waals surface area contributed by atoms with E-state index in [9.17, 15) is 9.59 Å². The van der Waals surface area contributed by atoms with Gasteiger partial charge in [-0.15, -0.1) is 0 Å². The zero-order chi connectivity index (χ0) is 19.0. The summed E-state index contributed by atoms with van der Waals surface area (Å²) in [6.45, 7) is 3.88. The fraction of sp³-hybridized carbons (Fsp3) is 0.300. The minimum atomic E-state index is -1.24. The van der Waals surface area contributed by atoms with Gasteiger partial charge in [0, 0.05) is 13.7 Å². The number of hydrogen-bond donors (Lipinski definition) is 2. The molecular formula is C20H24N2O4. The Balaban J connectivity index is 2.10. The van der Waals surface area contributed by atoms with Crippen LogP contribution < -0.4 is 15.4 Å². The highest BCUT2D eigenvalue weighted by Gasteiger charge is 2.36. The molecule has 0 aliphatic rings. The van der Waals surface area contributed by atoms with Crippen molar-refractivity contribution in [2.45, 2.75) is 13.8 Å². The molecule has 2 amide bonds. The highest BCUT2D eigenvalue weighted by molar-refractivity contribution is 6.10. The van der Waals surface area contributed by atoms with Crippen molar-refractivity contribution in [2.24, 2.45) is 5.41 Å². The molecule has 2 rings (SSSR count). The number of hydrogen-bond acceptors (Lipinski definition) is 4. The largest absolute Gasteiger partial charge is 0.455 e. The molecule has 0 aliphatic carbocycles. The Hall–Kier alpha value is -2.86. The summed E-state index contributed by atoms with van der Waals surface area (Å²) in [6.07, 6.45) is 0. The zero-order valence-corrected chi connectivity index (χ0v) is 15.2. The minimum Gasteiger partial charge on any atom is -0.455 e. The second-order valence-electron chi connectivity index (χ2n) is 6.24. The normalized spacial score (nSPS) is 10.9. The van der Waals surface area contributed by atoms with E-state index in [0.717, 1.165) is 0 Å². The molecule has 6 nitrogen and oxygen atoms in total. The lowest BCUT2D eigenvalue weighted by molar-refractivity contribution is -0.138. The van der Waals surface area contributed by atoms with Crippen LogP contribution in [0.4, 0.5) is 5.69 Å². The Morgan fingerprint density at radius 3 is 2.31 bits per heavy atom. The molecule has 0 heterocycles. The maximum Gasteiger partial charge on any atom is 0.239 e. The van der Waals surface area contributed by atoms with Crippen LogP contribution in [0.15, 0.2) is 54.6 Å². The summed E-state index contributed by atoms with van der Waals surface area (Å²) >= 11 is 0. The van der Waals surface area contributed by atoms with E-state index >= 15 is 0 Å². The maximum absolute atomic E-state index is 12.7. The van der Waals surface area contributed by atoms with Crippen molar-refractivity contribution in [1.82, 2.24) is 5.32 Å². The van der Waals surface area contributed by atoms with Crippen LogP contribution in [0.3, 0.4) is 0 Å². The quantitative estimate of drug-likeness (QED) is 0.562. The third-order valence-electron chi connectivity index (χ3n) is 3.83. The van der Waals surface area contributed by atoms with Crippen LogP contribution in [0.1, 0.15) is 13.8 Å². The SMILES string of the molecule is COCCNC(=O)C(C)(C)C(=O)Nc1ccccc1Oc1ccccc1. The first-order valence-corrected chi connectivity index (χ1v) is 8.36. The molecule has 0 fully saturated rings. The van der Waals surface area contributed by atoms with Gasteiger partial charge in [-0.2, -0.15) is 0 Å². The molecule has 2 aromatic carbocycles. The summed E-state index contributed by atoms with van der Waals surface area (Å²) in [4.78, 5) is 24.9. The predicted molar refractivity (Wildman–Crippen MR) is 100 cm³/mol. The number of nitrogens with one attached hydrogen (secondary N) is 2. The maximum atomic E-state index is 12.7. The smallest absolute Gasteiger partial charge is 0.239 e. The summed E-state index contributed by atoms with van der Waals surface area (Å²) in [5, 5.41) is 5.48. The summed E-state index contributed by atoms with van der Waals surface area (Å²) in [5.74, 6) is 0.374. The molecule has 2 N–H and O–H groups in total. The third kappa shape index (κ3) is 5.07. The molecule has 0 saturated heterocycles. The second kappa shape index (κ2) is 9.01. The van der Waals surface area contributed by atoms with Gasteiger partial charge in [-0.1, -0.05) is 30.3 Å². The molecule has 0 aliphatic heterocycles. The van der Waals surface area contributed by atoms with Crippen molar-refractivity contribution in [3.8, 4) is 11.5 Å². The van der Waals surface area contributed by atoms with E-state index < -0.39 is 11.3 Å². The van der Waals surface area contributed by atoms with E-state index in [1.54, 1.807) is 39.2 Å². The number of anilines is 1. The van der Waals surface area contributed by atoms with Crippen LogP contribution in [0.2, 0.25) is 0 Å². The van der Waals surface area contributed by atoms with Crippen LogP contribution in [-0.4, -0.2) is 32.1 Å². The lowest BCUT2D eigenvalue weighted by atomic mass is 9.91. The molecule has 138 valence electrons. The molecule has 0 radical (unpaired) electrons. The average molecular weight is 356 g/mol. The van der Waals surface area contributed by atoms with Crippen LogP contribution in [0, 0.1) is 5.41 Å². The Morgan fingerprint density at radius 1 is 0.962 bits per heavy atom. The van der Waals surface area contributed by atoms with E-state index in [4.69, 9.17) is 9.47 Å². The third-order valence-corrected chi connectivity index (χ3v) is 3.83. The van der Waals surface area contributed by atoms with Gasteiger partial charge in [0.25, 0.3) is 0 Å². The predicted octanol–water partition coefficient (Wildman–Crippen LogP) is 3.21. The Bertz CT molecular complexity index is 744. The van der Waals surface area contributed by atoms with Gasteiger partial charge in [0.2, 0.25) is 11.8 Å². The number of amides is 2. The summed E-state index contributed by atoms with van der Waals surface area (Å²) in [7, 11) is 1.55. The molecule has 0 unspecified atom stereocenters. The van der Waals surface area contributed by atoms with Crippen molar-refractivity contribution in [3.05, 3.63) is 54.6 Å². The molecule has 0 aromatic heterocycles. The number of carbonyl (C=O) groups is 2. The first kappa shape index (κ1) is 19.5. The molecule has 0 spiro atoms. The van der Waals surface area contributed by atoms with Gasteiger partial charge >= 0.3 is 0 Å². The van der Waals surface area contributed by atoms with Crippen LogP contribution in [-0.2, 0) is 14.3 Å². The van der Waals surface area contributed by atoms with Gasteiger partial charge in [-0.3, -0.25) is 9.59 Å². The van der Waals surface area contributed by atoms with Crippen molar-refractivity contribution in [3.63, 3.8) is 0 Å². The van der Waals surface area contributed by atoms with Crippen LogP contribution in [0.25, 0.3) is 0 Å². The van der Waals surface area contributed by atoms with E-state index in [0.29, 0.717) is 30.3 Å². The van der Waals surface area contributed by atoms with E-state index in [2.05, 4.69) is 10.6 Å². The van der Waals surface area contributed by atoms with Gasteiger partial charge in [0.05, 0.1) is 12.3 Å². The monoisotopic (exact) mass is 356 g/mol. The van der Waals surface area contributed by atoms with Crippen LogP contribution in [0.5, 0.6) is 11.5 Å². The molecule has 0 saturated carbocycles. The fourth-order valence-corrected chi connectivity index (χ4v) is 2.14. The van der Waals surface area contributed by atoms with Crippen molar-refractivity contribution >= 4 is 17.5 Å². The molecular weight excluding hydrogens is 332 g/mol. The van der Waals surface area contributed by atoms with Crippen molar-refractivity contribution in [2.75, 3.05) is 25.6 Å². The molecule has 26 heavy (non-hydrogen) atoms. The fourth-order valence-electron chi connectivity index (χ4n) is 2.14. The molecule has 0 bridgehead atoms. The first-order valence-electron chi connectivity index (χ1n) is 8.36. The van der Waals surface area contributed by atoms with Crippen molar-refractivity contribution < 1.29 is 19.1 Å². The summed E-state index contributed by atoms with van der Waals surface area (Å²) in [5.41, 5.74) is -0.743. The lowest BCUT2D eigenvalue weighted by Crippen LogP contribution is -2.46. The Labute approximate surface area is 153 Å². The van der Waals surface area contributed by atoms with Crippen LogP contribution >= 0.6 is 0 Å². The zero-order valence-electron chi connectivity index (χ0n) is 15.2. The summed E-state index contributed by atoms with van der Waals surface area (Å²) < 4.78 is 10.7. The number of rotatable bonds is 8. The Morgan fingerprint density at radius 2 is 1.62 bits per heavy atom. The highest BCUT2D eigenvalue weighted by Crippen LogP contribution is 2.30. The molecule has 6 heteroatoms. The summed E-state index contributed by atoms with van der Waals surface area (Å²) in [6, 6.07) is 16.4. The van der Waals surface area contributed by atoms with Gasteiger partial charge in [0.1, 0.15) is 11.2 Å². The van der Waals surface area contributed by atoms with Gasteiger partial charge < -0.3 is 20.1 Å². The number of methoxy groups -OCH3 is 1. The molecule has 0 atom stereocenters. The number of carbonyl (C=O) groups excluding carboxylic acids is 2. The topological polar surface area (TPSA) is 76.7 Å². The second-order valence-corrected chi connectivity index (χ2v) is 6.24. The Kier molecular flexibility index (Phi) is 6.74. The lowest BCUT2D eigenvalue weighted by Gasteiger charge is -2.23. The number of ether oxygens (including phenoxy) is 2. The standard InChI is InChI=1S/C20H24N2O4/c1-20(2,18(23)21-13-14-25-3)19(24)22-16-11-7-8-12-17(16)26-15-9-5-4-6-10-15/h4-12H,13-14H2,1-3H3,(H,21,23)(H,22,24). The highest BCUT2D eigenvalue weighted by atomic mass is 16.5. The van der Waals surface area contributed by atoms with E-state index in [1.165, 1.54) is 0 Å². The average Bonchev–Trinajstić information content (AvgIpc) is 2.64. The number of para-hydroxylation sites is 3. The van der Waals surface area contributed by atoms with Gasteiger partial charge in [-0.25, -0.2) is 0 Å². The van der Waals surface area contributed by atoms with Gasteiger partial charge in [-0.05, 0) is 38.1 Å². The van der Waals surface area contributed by atoms with Crippen molar-refractivity contribution in [1.29, 1.82) is 0 Å². The van der Waals surface area contributed by atoms with E-state index in [-0.39, 0.29) is 5.91 Å². The minimum absolute atomic E-state index is 0.347. The number of benzene rings is 2. The van der Waals surface area contributed by atoms with Gasteiger partial charge in [0.15, 0.2) is 5.75 Å².